The van der Waals surface area contributed by atoms with Crippen molar-refractivity contribution < 1.29 is 17.9 Å². The van der Waals surface area contributed by atoms with Crippen molar-refractivity contribution >= 4 is 0 Å². The molecule has 0 aliphatic heterocycles. The zero-order chi connectivity index (χ0) is 23.1. The number of nitrogens with zero attached hydrogens (tertiary/aromatic N) is 4. The van der Waals surface area contributed by atoms with Crippen LogP contribution in [0.2, 0.25) is 0 Å². The predicted molar refractivity (Wildman–Crippen MR) is 118 cm³/mol. The van der Waals surface area contributed by atoms with Gasteiger partial charge in [-0.3, -0.25) is 9.67 Å². The molecule has 0 N–H and O–H groups in total. The van der Waals surface area contributed by atoms with Gasteiger partial charge < -0.3 is 4.74 Å². The molecule has 0 amide bonds. The van der Waals surface area contributed by atoms with Crippen molar-refractivity contribution in [2.24, 2.45) is 0 Å². The van der Waals surface area contributed by atoms with Gasteiger partial charge in [0.05, 0.1) is 17.5 Å². The molecule has 2 aromatic heterocycles. The second-order valence-electron chi connectivity index (χ2n) is 7.68. The van der Waals surface area contributed by atoms with Crippen molar-refractivity contribution in [3.05, 3.63) is 95.9 Å². The number of halogens is 3. The summed E-state index contributed by atoms with van der Waals surface area (Å²) in [6.07, 6.45) is 3.90. The third kappa shape index (κ3) is 6.41. The first-order chi connectivity index (χ1) is 16.0. The standard InChI is InChI=1S/C25H23F3N4O/c26-25(27,28)22-8-6-21(7-9-22)24-17-20(12-13-29-24)18-33-23-10-4-19(5-11-23)3-1-2-15-32-16-14-30-31-32/h4-14,16-17H,1-3,15,18H2. The molecule has 170 valence electrons. The van der Waals surface area contributed by atoms with E-state index in [-0.39, 0.29) is 0 Å². The van der Waals surface area contributed by atoms with Crippen LogP contribution in [0.1, 0.15) is 29.5 Å². The van der Waals surface area contributed by atoms with Crippen molar-refractivity contribution in [1.29, 1.82) is 0 Å². The van der Waals surface area contributed by atoms with Crippen molar-refractivity contribution in [3.8, 4) is 17.0 Å². The Bertz CT molecular complexity index is 1140. The molecule has 0 bridgehead atoms. The van der Waals surface area contributed by atoms with Crippen molar-refractivity contribution in [2.45, 2.75) is 38.6 Å². The lowest BCUT2D eigenvalue weighted by Gasteiger charge is -2.10. The zero-order valence-electron chi connectivity index (χ0n) is 17.9. The molecule has 33 heavy (non-hydrogen) atoms. The monoisotopic (exact) mass is 452 g/mol. The summed E-state index contributed by atoms with van der Waals surface area (Å²) in [7, 11) is 0. The topological polar surface area (TPSA) is 52.8 Å². The molecule has 0 spiro atoms. The lowest BCUT2D eigenvalue weighted by atomic mass is 10.1. The summed E-state index contributed by atoms with van der Waals surface area (Å²) in [5.74, 6) is 0.759. The Labute approximate surface area is 189 Å². The van der Waals surface area contributed by atoms with Crippen LogP contribution >= 0.6 is 0 Å². The lowest BCUT2D eigenvalue weighted by molar-refractivity contribution is -0.137. The predicted octanol–water partition coefficient (Wildman–Crippen LogP) is 5.96. The fourth-order valence-electron chi connectivity index (χ4n) is 3.43. The highest BCUT2D eigenvalue weighted by Crippen LogP contribution is 2.30. The molecule has 0 unspecified atom stereocenters. The molecule has 2 heterocycles. The molecular formula is C25H23F3N4O. The van der Waals surface area contributed by atoms with Gasteiger partial charge in [-0.2, -0.15) is 13.2 Å². The van der Waals surface area contributed by atoms with Gasteiger partial charge >= 0.3 is 6.18 Å². The Morgan fingerprint density at radius 2 is 1.64 bits per heavy atom. The SMILES string of the molecule is FC(F)(F)c1ccc(-c2cc(COc3ccc(CCCCn4ccnn4)cc3)ccn2)cc1. The number of aryl methyl sites for hydroxylation is 2. The molecule has 0 fully saturated rings. The zero-order valence-corrected chi connectivity index (χ0v) is 17.9. The molecule has 0 aliphatic rings. The van der Waals surface area contributed by atoms with Gasteiger partial charge in [-0.15, -0.1) is 5.10 Å². The van der Waals surface area contributed by atoms with E-state index in [1.165, 1.54) is 17.7 Å². The minimum absolute atomic E-state index is 0.341. The summed E-state index contributed by atoms with van der Waals surface area (Å²) in [6.45, 7) is 1.20. The number of aromatic nitrogens is 4. The first-order valence-electron chi connectivity index (χ1n) is 10.7. The molecule has 2 aromatic carbocycles. The molecule has 8 heteroatoms. The fourth-order valence-corrected chi connectivity index (χ4v) is 3.43. The Hall–Kier alpha value is -3.68. The quantitative estimate of drug-likeness (QED) is 0.294. The summed E-state index contributed by atoms with van der Waals surface area (Å²) >= 11 is 0. The van der Waals surface area contributed by atoms with E-state index >= 15 is 0 Å². The smallest absolute Gasteiger partial charge is 0.416 e. The fraction of sp³-hybridized carbons (Fsp3) is 0.240. The van der Waals surface area contributed by atoms with Gasteiger partial charge in [0.15, 0.2) is 0 Å². The molecule has 4 aromatic rings. The van der Waals surface area contributed by atoms with E-state index in [1.54, 1.807) is 12.4 Å². The van der Waals surface area contributed by atoms with Gasteiger partial charge in [-0.05, 0) is 66.8 Å². The highest BCUT2D eigenvalue weighted by atomic mass is 19.4. The second kappa shape index (κ2) is 10.3. The number of rotatable bonds is 9. The number of unbranched alkanes of at least 4 members (excludes halogenated alkanes) is 1. The molecule has 0 saturated carbocycles. The van der Waals surface area contributed by atoms with E-state index in [0.717, 1.165) is 49.3 Å². The Morgan fingerprint density at radius 1 is 0.848 bits per heavy atom. The van der Waals surface area contributed by atoms with Crippen LogP contribution in [-0.2, 0) is 25.7 Å². The maximum absolute atomic E-state index is 12.8. The maximum Gasteiger partial charge on any atom is 0.416 e. The summed E-state index contributed by atoms with van der Waals surface area (Å²) in [5, 5.41) is 7.76. The Morgan fingerprint density at radius 3 is 2.33 bits per heavy atom. The van der Waals surface area contributed by atoms with Crippen molar-refractivity contribution in [2.75, 3.05) is 0 Å². The number of benzene rings is 2. The molecule has 4 rings (SSSR count). The van der Waals surface area contributed by atoms with Gasteiger partial charge in [0.1, 0.15) is 12.4 Å². The van der Waals surface area contributed by atoms with Crippen molar-refractivity contribution in [1.82, 2.24) is 20.0 Å². The summed E-state index contributed by atoms with van der Waals surface area (Å²) in [4.78, 5) is 4.27. The summed E-state index contributed by atoms with van der Waals surface area (Å²) in [5.41, 5.74) is 2.68. The second-order valence-corrected chi connectivity index (χ2v) is 7.68. The maximum atomic E-state index is 12.8. The van der Waals surface area contributed by atoms with E-state index in [9.17, 15) is 13.2 Å². The first-order valence-corrected chi connectivity index (χ1v) is 10.7. The van der Waals surface area contributed by atoms with Gasteiger partial charge in [-0.25, -0.2) is 0 Å². The molecule has 0 saturated heterocycles. The summed E-state index contributed by atoms with van der Waals surface area (Å²) < 4.78 is 46.0. The van der Waals surface area contributed by atoms with Crippen LogP contribution in [0.5, 0.6) is 5.75 Å². The molecule has 5 nitrogen and oxygen atoms in total. The van der Waals surface area contributed by atoms with Gasteiger partial charge in [0.25, 0.3) is 0 Å². The van der Waals surface area contributed by atoms with Gasteiger partial charge in [0, 0.05) is 24.5 Å². The van der Waals surface area contributed by atoms with Crippen LogP contribution in [0.4, 0.5) is 13.2 Å². The van der Waals surface area contributed by atoms with E-state index in [0.29, 0.717) is 17.9 Å². The van der Waals surface area contributed by atoms with Crippen LogP contribution in [0.15, 0.2) is 79.3 Å². The largest absolute Gasteiger partial charge is 0.489 e. The first kappa shape index (κ1) is 22.5. The highest BCUT2D eigenvalue weighted by Gasteiger charge is 2.30. The Balaban J connectivity index is 1.28. The number of hydrogen-bond donors (Lipinski definition) is 0. The summed E-state index contributed by atoms with van der Waals surface area (Å²) in [6, 6.07) is 16.7. The molecule has 0 radical (unpaired) electrons. The minimum Gasteiger partial charge on any atom is -0.489 e. The van der Waals surface area contributed by atoms with Crippen molar-refractivity contribution in [3.63, 3.8) is 0 Å². The average Bonchev–Trinajstić information content (AvgIpc) is 3.35. The van der Waals surface area contributed by atoms with E-state index < -0.39 is 11.7 Å². The van der Waals surface area contributed by atoms with Crippen LogP contribution in [0.3, 0.4) is 0 Å². The van der Waals surface area contributed by atoms with E-state index in [4.69, 9.17) is 4.74 Å². The third-order valence-corrected chi connectivity index (χ3v) is 5.24. The minimum atomic E-state index is -4.35. The lowest BCUT2D eigenvalue weighted by Crippen LogP contribution is -2.04. The molecule has 0 aliphatic carbocycles. The van der Waals surface area contributed by atoms with Crippen LogP contribution in [0.25, 0.3) is 11.3 Å². The number of ether oxygens (including phenoxy) is 1. The Kier molecular flexibility index (Phi) is 7.02. The van der Waals surface area contributed by atoms with Crippen LogP contribution in [0, 0.1) is 0 Å². The molecule has 0 atom stereocenters. The van der Waals surface area contributed by atoms with E-state index in [2.05, 4.69) is 27.4 Å². The third-order valence-electron chi connectivity index (χ3n) is 5.24. The average molecular weight is 452 g/mol. The van der Waals surface area contributed by atoms with E-state index in [1.807, 2.05) is 35.1 Å². The number of alkyl halides is 3. The molecular weight excluding hydrogens is 429 g/mol. The van der Waals surface area contributed by atoms with Crippen LogP contribution < -0.4 is 4.74 Å². The number of pyridine rings is 1. The highest BCUT2D eigenvalue weighted by molar-refractivity contribution is 5.60. The normalized spacial score (nSPS) is 11.5. The number of hydrogen-bond acceptors (Lipinski definition) is 4. The van der Waals surface area contributed by atoms with Gasteiger partial charge in [0.2, 0.25) is 0 Å². The van der Waals surface area contributed by atoms with Gasteiger partial charge in [-0.1, -0.05) is 29.5 Å². The van der Waals surface area contributed by atoms with Crippen LogP contribution in [-0.4, -0.2) is 20.0 Å².